The van der Waals surface area contributed by atoms with Crippen molar-refractivity contribution in [2.75, 3.05) is 31.1 Å². The lowest BCUT2D eigenvalue weighted by Crippen LogP contribution is -2.47. The van der Waals surface area contributed by atoms with E-state index in [1.165, 1.54) is 0 Å². The summed E-state index contributed by atoms with van der Waals surface area (Å²) in [5.74, 6) is 0.230. The molecule has 7 heteroatoms. The fourth-order valence-electron chi connectivity index (χ4n) is 3.58. The Kier molecular flexibility index (Phi) is 5.98. The lowest BCUT2D eigenvalue weighted by molar-refractivity contribution is -0.151. The van der Waals surface area contributed by atoms with Crippen molar-refractivity contribution in [2.24, 2.45) is 5.92 Å². The zero-order valence-corrected chi connectivity index (χ0v) is 15.8. The molecule has 1 atom stereocenters. The van der Waals surface area contributed by atoms with Gasteiger partial charge in [-0.3, -0.25) is 14.4 Å². The van der Waals surface area contributed by atoms with Crippen LogP contribution in [0.15, 0.2) is 24.3 Å². The predicted molar refractivity (Wildman–Crippen MR) is 99.4 cm³/mol. The van der Waals surface area contributed by atoms with Crippen LogP contribution in [0.5, 0.6) is 5.75 Å². The molecule has 1 saturated heterocycles. The zero-order chi connectivity index (χ0) is 19.4. The van der Waals surface area contributed by atoms with Crippen molar-refractivity contribution in [2.45, 2.75) is 39.2 Å². The van der Waals surface area contributed by atoms with Gasteiger partial charge in [0.1, 0.15) is 5.75 Å². The van der Waals surface area contributed by atoms with Crippen LogP contribution in [-0.4, -0.2) is 55.0 Å². The minimum absolute atomic E-state index is 0.00161. The van der Waals surface area contributed by atoms with Gasteiger partial charge in [-0.1, -0.05) is 12.1 Å². The van der Waals surface area contributed by atoms with Gasteiger partial charge in [0.15, 0.2) is 6.10 Å². The molecule has 0 spiro atoms. The van der Waals surface area contributed by atoms with Crippen LogP contribution in [-0.2, 0) is 19.1 Å². The average Bonchev–Trinajstić information content (AvgIpc) is 2.68. The van der Waals surface area contributed by atoms with E-state index in [2.05, 4.69) is 0 Å². The van der Waals surface area contributed by atoms with E-state index in [-0.39, 0.29) is 30.1 Å². The number of benzene rings is 1. The summed E-state index contributed by atoms with van der Waals surface area (Å²) in [5, 5.41) is 0. The summed E-state index contributed by atoms with van der Waals surface area (Å²) in [6.45, 7) is 5.31. The molecule has 0 aromatic heterocycles. The minimum Gasteiger partial charge on any atom is -0.479 e. The van der Waals surface area contributed by atoms with E-state index < -0.39 is 6.10 Å². The van der Waals surface area contributed by atoms with Crippen LogP contribution in [0.25, 0.3) is 0 Å². The Morgan fingerprint density at radius 2 is 1.93 bits per heavy atom. The number of nitrogens with zero attached hydrogens (tertiary/aromatic N) is 2. The number of hydrogen-bond acceptors (Lipinski definition) is 5. The summed E-state index contributed by atoms with van der Waals surface area (Å²) in [6, 6.07) is 7.36. The third-order valence-corrected chi connectivity index (χ3v) is 5.09. The van der Waals surface area contributed by atoms with Crippen LogP contribution in [0.1, 0.15) is 33.1 Å². The molecule has 2 aliphatic rings. The normalized spacial score (nSPS) is 20.1. The first-order chi connectivity index (χ1) is 13.0. The summed E-state index contributed by atoms with van der Waals surface area (Å²) in [4.78, 5) is 40.3. The first-order valence-corrected chi connectivity index (χ1v) is 9.52. The molecular formula is C20H26N2O5. The molecule has 0 bridgehead atoms. The Morgan fingerprint density at radius 3 is 2.63 bits per heavy atom. The topological polar surface area (TPSA) is 76.2 Å². The van der Waals surface area contributed by atoms with Gasteiger partial charge in [0.2, 0.25) is 5.91 Å². The van der Waals surface area contributed by atoms with Gasteiger partial charge in [0.05, 0.1) is 18.2 Å². The summed E-state index contributed by atoms with van der Waals surface area (Å²) in [7, 11) is 0. The first kappa shape index (κ1) is 19.2. The number of fused-ring (bicyclic) bond motifs is 1. The zero-order valence-electron chi connectivity index (χ0n) is 15.8. The Hall–Kier alpha value is -2.57. The number of carbonyl (C=O) groups excluding carboxylic acids is 3. The van der Waals surface area contributed by atoms with E-state index in [1.54, 1.807) is 23.6 Å². The van der Waals surface area contributed by atoms with Gasteiger partial charge in [-0.2, -0.15) is 0 Å². The van der Waals surface area contributed by atoms with Crippen molar-refractivity contribution in [3.63, 3.8) is 0 Å². The number of hydrogen-bond donors (Lipinski definition) is 0. The average molecular weight is 374 g/mol. The summed E-state index contributed by atoms with van der Waals surface area (Å²) >= 11 is 0. The number of para-hydroxylation sites is 2. The van der Waals surface area contributed by atoms with E-state index in [0.717, 1.165) is 0 Å². The van der Waals surface area contributed by atoms with Crippen molar-refractivity contribution in [3.05, 3.63) is 24.3 Å². The Labute approximate surface area is 159 Å². The molecule has 0 radical (unpaired) electrons. The van der Waals surface area contributed by atoms with E-state index in [4.69, 9.17) is 9.47 Å². The lowest BCUT2D eigenvalue weighted by Gasteiger charge is -2.34. The van der Waals surface area contributed by atoms with Crippen LogP contribution in [0.2, 0.25) is 0 Å². The third-order valence-electron chi connectivity index (χ3n) is 5.09. The molecule has 1 aromatic rings. The van der Waals surface area contributed by atoms with Crippen LogP contribution < -0.4 is 9.64 Å². The molecule has 0 N–H and O–H groups in total. The molecule has 0 saturated carbocycles. The highest BCUT2D eigenvalue weighted by atomic mass is 16.5. The summed E-state index contributed by atoms with van der Waals surface area (Å²) in [6.07, 6.45) is 0.939. The minimum atomic E-state index is -0.560. The van der Waals surface area contributed by atoms with Gasteiger partial charge >= 0.3 is 5.97 Å². The summed E-state index contributed by atoms with van der Waals surface area (Å²) < 4.78 is 10.7. The van der Waals surface area contributed by atoms with E-state index in [1.807, 2.05) is 24.3 Å². The highest BCUT2D eigenvalue weighted by molar-refractivity contribution is 6.00. The lowest BCUT2D eigenvalue weighted by atomic mass is 9.97. The van der Waals surface area contributed by atoms with E-state index >= 15 is 0 Å². The van der Waals surface area contributed by atoms with Crippen LogP contribution in [0, 0.1) is 5.92 Å². The van der Waals surface area contributed by atoms with Gasteiger partial charge < -0.3 is 19.3 Å². The first-order valence-electron chi connectivity index (χ1n) is 9.52. The SMILES string of the molecule is CCOC(=O)C1CCN(C(=O)CCN2C(=O)[C@H](C)Oc3ccccc32)CC1. The molecule has 2 amide bonds. The molecule has 3 rings (SSSR count). The van der Waals surface area contributed by atoms with Crippen molar-refractivity contribution in [1.82, 2.24) is 4.90 Å². The maximum Gasteiger partial charge on any atom is 0.309 e. The number of carbonyl (C=O) groups is 3. The monoisotopic (exact) mass is 374 g/mol. The number of amides is 2. The number of esters is 1. The molecule has 0 aliphatic carbocycles. The smallest absolute Gasteiger partial charge is 0.309 e. The molecule has 1 fully saturated rings. The number of likely N-dealkylation sites (tertiary alicyclic amines) is 1. The van der Waals surface area contributed by atoms with Gasteiger partial charge in [-0.15, -0.1) is 0 Å². The molecule has 2 heterocycles. The van der Waals surface area contributed by atoms with Gasteiger partial charge in [0.25, 0.3) is 5.91 Å². The molecule has 0 unspecified atom stereocenters. The van der Waals surface area contributed by atoms with Crippen molar-refractivity contribution in [1.29, 1.82) is 0 Å². The van der Waals surface area contributed by atoms with Gasteiger partial charge in [0, 0.05) is 26.1 Å². The van der Waals surface area contributed by atoms with E-state index in [9.17, 15) is 14.4 Å². The second-order valence-corrected chi connectivity index (χ2v) is 6.87. The highest BCUT2D eigenvalue weighted by Crippen LogP contribution is 2.33. The fourth-order valence-corrected chi connectivity index (χ4v) is 3.58. The molecule has 7 nitrogen and oxygen atoms in total. The Morgan fingerprint density at radius 1 is 1.22 bits per heavy atom. The Bertz CT molecular complexity index is 712. The number of ether oxygens (including phenoxy) is 2. The van der Waals surface area contributed by atoms with Gasteiger partial charge in [-0.05, 0) is 38.8 Å². The largest absolute Gasteiger partial charge is 0.479 e. The van der Waals surface area contributed by atoms with E-state index in [0.29, 0.717) is 50.5 Å². The van der Waals surface area contributed by atoms with Gasteiger partial charge in [-0.25, -0.2) is 0 Å². The standard InChI is InChI=1S/C20H26N2O5/c1-3-26-20(25)15-8-11-21(12-9-15)18(23)10-13-22-16-6-4-5-7-17(16)27-14(2)19(22)24/h4-7,14-15H,3,8-13H2,1-2H3/t14-/m0/s1. The number of piperidine rings is 1. The van der Waals surface area contributed by atoms with Crippen molar-refractivity contribution < 1.29 is 23.9 Å². The number of rotatable bonds is 5. The summed E-state index contributed by atoms with van der Waals surface area (Å²) in [5.41, 5.74) is 0.703. The van der Waals surface area contributed by atoms with Crippen LogP contribution in [0.4, 0.5) is 5.69 Å². The molecule has 2 aliphatic heterocycles. The van der Waals surface area contributed by atoms with Crippen LogP contribution in [0.3, 0.4) is 0 Å². The second kappa shape index (κ2) is 8.41. The molecule has 27 heavy (non-hydrogen) atoms. The third kappa shape index (κ3) is 4.23. The second-order valence-electron chi connectivity index (χ2n) is 6.87. The molecule has 146 valence electrons. The Balaban J connectivity index is 1.55. The fraction of sp³-hybridized carbons (Fsp3) is 0.550. The predicted octanol–water partition coefficient (Wildman–Crippen LogP) is 1.99. The highest BCUT2D eigenvalue weighted by Gasteiger charge is 2.32. The van der Waals surface area contributed by atoms with Crippen molar-refractivity contribution >= 4 is 23.5 Å². The van der Waals surface area contributed by atoms with Crippen molar-refractivity contribution in [3.8, 4) is 5.75 Å². The van der Waals surface area contributed by atoms with Crippen LogP contribution >= 0.6 is 0 Å². The number of anilines is 1. The maximum atomic E-state index is 12.6. The quantitative estimate of drug-likeness (QED) is 0.737. The maximum absolute atomic E-state index is 12.6. The molecule has 1 aromatic carbocycles. The molecular weight excluding hydrogens is 348 g/mol.